The van der Waals surface area contributed by atoms with Crippen molar-refractivity contribution in [2.45, 2.75) is 25.4 Å². The van der Waals surface area contributed by atoms with Crippen LogP contribution in [0.25, 0.3) is 0 Å². The van der Waals surface area contributed by atoms with Crippen LogP contribution in [0.15, 0.2) is 48.5 Å². The summed E-state index contributed by atoms with van der Waals surface area (Å²) < 4.78 is 38.4. The standard InChI is InChI=1S/C24H29ClF3N5O2/c25-19-6-10-20(11-7-19)30-22(34)29-12-15-33(17-16-32-13-2-1-3-14-32)23(35)31-21-8-4-18(5-9-21)24(26,27)28/h4-11H,1-3,12-17H2,(H,31,35)(H2,29,30,34). The summed E-state index contributed by atoms with van der Waals surface area (Å²) in [5.41, 5.74) is 0.0571. The number of hydrogen-bond acceptors (Lipinski definition) is 3. The minimum Gasteiger partial charge on any atom is -0.336 e. The highest BCUT2D eigenvalue weighted by molar-refractivity contribution is 6.30. The molecule has 0 spiro atoms. The van der Waals surface area contributed by atoms with Crippen molar-refractivity contribution in [2.75, 3.05) is 49.9 Å². The van der Waals surface area contributed by atoms with Crippen LogP contribution in [-0.2, 0) is 6.18 Å². The number of nitrogens with one attached hydrogen (secondary N) is 3. The third kappa shape index (κ3) is 8.95. The zero-order valence-electron chi connectivity index (χ0n) is 19.2. The Kier molecular flexibility index (Phi) is 9.62. The van der Waals surface area contributed by atoms with Gasteiger partial charge in [0, 0.05) is 42.6 Å². The van der Waals surface area contributed by atoms with Crippen LogP contribution in [0.2, 0.25) is 5.02 Å². The lowest BCUT2D eigenvalue weighted by molar-refractivity contribution is -0.137. The van der Waals surface area contributed by atoms with Gasteiger partial charge in [-0.25, -0.2) is 9.59 Å². The number of alkyl halides is 3. The molecule has 35 heavy (non-hydrogen) atoms. The molecule has 0 radical (unpaired) electrons. The Morgan fingerprint density at radius 3 is 2.11 bits per heavy atom. The average Bonchev–Trinajstić information content (AvgIpc) is 2.83. The molecular formula is C24H29ClF3N5O2. The van der Waals surface area contributed by atoms with Crippen LogP contribution in [0.3, 0.4) is 0 Å². The molecule has 0 unspecified atom stereocenters. The number of anilines is 2. The molecule has 7 nitrogen and oxygen atoms in total. The molecule has 3 N–H and O–H groups in total. The molecular weight excluding hydrogens is 483 g/mol. The van der Waals surface area contributed by atoms with Crippen LogP contribution >= 0.6 is 11.6 Å². The van der Waals surface area contributed by atoms with Crippen molar-refractivity contribution in [3.05, 3.63) is 59.1 Å². The summed E-state index contributed by atoms with van der Waals surface area (Å²) in [4.78, 5) is 28.9. The predicted molar refractivity (Wildman–Crippen MR) is 131 cm³/mol. The molecule has 1 heterocycles. The maximum absolute atomic E-state index is 12.9. The fourth-order valence-electron chi connectivity index (χ4n) is 3.72. The van der Waals surface area contributed by atoms with E-state index in [1.54, 1.807) is 29.2 Å². The SMILES string of the molecule is O=C(NCCN(CCN1CCCCC1)C(=O)Nc1ccc(C(F)(F)F)cc1)Nc1ccc(Cl)cc1. The number of amides is 4. The van der Waals surface area contributed by atoms with Crippen molar-refractivity contribution >= 4 is 35.0 Å². The molecule has 0 aromatic heterocycles. The van der Waals surface area contributed by atoms with Crippen molar-refractivity contribution in [1.82, 2.24) is 15.1 Å². The summed E-state index contributed by atoms with van der Waals surface area (Å²) in [6.07, 6.45) is -1.02. The summed E-state index contributed by atoms with van der Waals surface area (Å²) in [6.45, 7) is 3.46. The molecule has 0 aliphatic carbocycles. The monoisotopic (exact) mass is 511 g/mol. The molecule has 1 aliphatic heterocycles. The number of hydrogen-bond donors (Lipinski definition) is 3. The smallest absolute Gasteiger partial charge is 0.336 e. The number of carbonyl (C=O) groups excluding carboxylic acids is 2. The number of carbonyl (C=O) groups is 2. The van der Waals surface area contributed by atoms with Crippen molar-refractivity contribution < 1.29 is 22.8 Å². The lowest BCUT2D eigenvalue weighted by Gasteiger charge is -2.30. The maximum atomic E-state index is 12.9. The van der Waals surface area contributed by atoms with Crippen molar-refractivity contribution in [3.63, 3.8) is 0 Å². The van der Waals surface area contributed by atoms with E-state index >= 15 is 0 Å². The van der Waals surface area contributed by atoms with Crippen LogP contribution in [0, 0.1) is 0 Å². The van der Waals surface area contributed by atoms with Crippen LogP contribution in [0.5, 0.6) is 0 Å². The molecule has 2 aromatic rings. The maximum Gasteiger partial charge on any atom is 0.416 e. The number of piperidine rings is 1. The predicted octanol–water partition coefficient (Wildman–Crippen LogP) is 5.50. The fraction of sp³-hybridized carbons (Fsp3) is 0.417. The van der Waals surface area contributed by atoms with Crippen molar-refractivity contribution in [2.24, 2.45) is 0 Å². The highest BCUT2D eigenvalue weighted by atomic mass is 35.5. The first-order valence-electron chi connectivity index (χ1n) is 11.5. The van der Waals surface area contributed by atoms with E-state index in [0.29, 0.717) is 23.8 Å². The zero-order chi connectivity index (χ0) is 25.3. The summed E-state index contributed by atoms with van der Waals surface area (Å²) in [5.74, 6) is 0. The summed E-state index contributed by atoms with van der Waals surface area (Å²) in [5, 5.41) is 8.61. The Balaban J connectivity index is 1.55. The largest absolute Gasteiger partial charge is 0.416 e. The topological polar surface area (TPSA) is 76.7 Å². The quantitative estimate of drug-likeness (QED) is 0.438. The van der Waals surface area contributed by atoms with E-state index in [0.717, 1.165) is 38.1 Å². The molecule has 0 saturated carbocycles. The molecule has 11 heteroatoms. The fourth-order valence-corrected chi connectivity index (χ4v) is 3.84. The number of halogens is 4. The Labute approximate surface area is 207 Å². The van der Waals surface area contributed by atoms with Crippen LogP contribution < -0.4 is 16.0 Å². The van der Waals surface area contributed by atoms with E-state index in [-0.39, 0.29) is 18.8 Å². The van der Waals surface area contributed by atoms with Crippen molar-refractivity contribution in [3.8, 4) is 0 Å². The molecule has 0 bridgehead atoms. The normalized spacial score (nSPS) is 14.3. The van der Waals surface area contributed by atoms with Gasteiger partial charge in [-0.2, -0.15) is 13.2 Å². The number of rotatable bonds is 8. The Morgan fingerprint density at radius 1 is 0.886 bits per heavy atom. The van der Waals surface area contributed by atoms with Crippen molar-refractivity contribution in [1.29, 1.82) is 0 Å². The third-order valence-corrected chi connectivity index (χ3v) is 5.91. The Hall–Kier alpha value is -2.98. The molecule has 1 fully saturated rings. The summed E-state index contributed by atoms with van der Waals surface area (Å²) in [7, 11) is 0. The summed E-state index contributed by atoms with van der Waals surface area (Å²) in [6, 6.07) is 10.1. The van der Waals surface area contributed by atoms with Gasteiger partial charge in [-0.15, -0.1) is 0 Å². The molecule has 0 atom stereocenters. The Bertz CT molecular complexity index is 965. The number of likely N-dealkylation sites (tertiary alicyclic amines) is 1. The van der Waals surface area contributed by atoms with E-state index in [1.807, 2.05) is 0 Å². The van der Waals surface area contributed by atoms with E-state index in [9.17, 15) is 22.8 Å². The van der Waals surface area contributed by atoms with Gasteiger partial charge in [-0.1, -0.05) is 18.0 Å². The number of nitrogens with zero attached hydrogens (tertiary/aromatic N) is 2. The number of benzene rings is 2. The second-order valence-electron chi connectivity index (χ2n) is 8.28. The van der Waals surface area contributed by atoms with Gasteiger partial charge in [-0.05, 0) is 74.5 Å². The molecule has 3 rings (SSSR count). The first-order valence-corrected chi connectivity index (χ1v) is 11.8. The van der Waals surface area contributed by atoms with Gasteiger partial charge in [0.1, 0.15) is 0 Å². The highest BCUT2D eigenvalue weighted by Crippen LogP contribution is 2.29. The van der Waals surface area contributed by atoms with Gasteiger partial charge >= 0.3 is 18.2 Å². The Morgan fingerprint density at radius 2 is 1.49 bits per heavy atom. The second kappa shape index (κ2) is 12.6. The zero-order valence-corrected chi connectivity index (χ0v) is 20.0. The van der Waals surface area contributed by atoms with Gasteiger partial charge < -0.3 is 25.8 Å². The molecule has 190 valence electrons. The molecule has 1 saturated heterocycles. The summed E-state index contributed by atoms with van der Waals surface area (Å²) >= 11 is 5.84. The van der Waals surface area contributed by atoms with Gasteiger partial charge in [-0.3, -0.25) is 0 Å². The average molecular weight is 512 g/mol. The lowest BCUT2D eigenvalue weighted by atomic mass is 10.1. The van der Waals surface area contributed by atoms with Crippen LogP contribution in [0.4, 0.5) is 34.1 Å². The van der Waals surface area contributed by atoms with Gasteiger partial charge in [0.15, 0.2) is 0 Å². The molecule has 4 amide bonds. The first kappa shape index (κ1) is 26.6. The molecule has 1 aliphatic rings. The minimum absolute atomic E-state index is 0.194. The third-order valence-electron chi connectivity index (χ3n) is 5.65. The van der Waals surface area contributed by atoms with Gasteiger partial charge in [0.2, 0.25) is 0 Å². The molecule has 2 aromatic carbocycles. The lowest BCUT2D eigenvalue weighted by Crippen LogP contribution is -2.45. The van der Waals surface area contributed by atoms with E-state index in [4.69, 9.17) is 11.6 Å². The van der Waals surface area contributed by atoms with Gasteiger partial charge in [0.25, 0.3) is 0 Å². The van der Waals surface area contributed by atoms with Gasteiger partial charge in [0.05, 0.1) is 5.56 Å². The van der Waals surface area contributed by atoms with E-state index < -0.39 is 23.8 Å². The van der Waals surface area contributed by atoms with Crippen LogP contribution in [0.1, 0.15) is 24.8 Å². The highest BCUT2D eigenvalue weighted by Gasteiger charge is 2.30. The second-order valence-corrected chi connectivity index (χ2v) is 8.72. The van der Waals surface area contributed by atoms with E-state index in [1.165, 1.54) is 18.6 Å². The van der Waals surface area contributed by atoms with Crippen LogP contribution in [-0.4, -0.2) is 61.1 Å². The minimum atomic E-state index is -4.44. The first-order chi connectivity index (χ1) is 16.7. The van der Waals surface area contributed by atoms with E-state index in [2.05, 4.69) is 20.9 Å². The number of urea groups is 2.